The average molecular weight is 347 g/mol. The van der Waals surface area contributed by atoms with E-state index in [1.807, 2.05) is 6.92 Å². The summed E-state index contributed by atoms with van der Waals surface area (Å²) in [5.41, 5.74) is 0.739. The van der Waals surface area contributed by atoms with Crippen LogP contribution < -0.4 is 20.1 Å². The van der Waals surface area contributed by atoms with Gasteiger partial charge >= 0.3 is 6.18 Å². The number of halogens is 3. The molecule has 1 aromatic rings. The van der Waals surface area contributed by atoms with E-state index in [9.17, 15) is 13.2 Å². The van der Waals surface area contributed by atoms with Crippen molar-refractivity contribution in [3.8, 4) is 11.5 Å². The highest BCUT2D eigenvalue weighted by molar-refractivity contribution is 5.93. The van der Waals surface area contributed by atoms with Crippen LogP contribution in [0.1, 0.15) is 26.2 Å². The molecular weight excluding hydrogens is 323 g/mol. The van der Waals surface area contributed by atoms with Crippen LogP contribution in [0.5, 0.6) is 11.5 Å². The predicted molar refractivity (Wildman–Crippen MR) is 89.1 cm³/mol. The third-order valence-electron chi connectivity index (χ3n) is 3.13. The monoisotopic (exact) mass is 347 g/mol. The topological polar surface area (TPSA) is 54.9 Å². The molecule has 1 aromatic carbocycles. The zero-order valence-corrected chi connectivity index (χ0v) is 14.2. The standard InChI is InChI=1S/C16H24F3N3O2/c1-4-24-14-11-12(7-8-13(14)23-3)22-15(20-2)21-10-6-5-9-16(17,18)19/h7-8,11H,4-6,9-10H2,1-3H3,(H2,20,21,22). The first-order valence-corrected chi connectivity index (χ1v) is 7.75. The number of nitrogens with one attached hydrogen (secondary N) is 2. The fraction of sp³-hybridized carbons (Fsp3) is 0.562. The second kappa shape index (κ2) is 9.89. The van der Waals surface area contributed by atoms with Gasteiger partial charge < -0.3 is 20.1 Å². The zero-order valence-electron chi connectivity index (χ0n) is 14.2. The predicted octanol–water partition coefficient (Wildman–Crippen LogP) is 3.81. The first kappa shape index (κ1) is 19.9. The lowest BCUT2D eigenvalue weighted by atomic mass is 10.2. The van der Waals surface area contributed by atoms with E-state index in [1.54, 1.807) is 32.4 Å². The molecule has 0 aromatic heterocycles. The van der Waals surface area contributed by atoms with Gasteiger partial charge in [-0.3, -0.25) is 4.99 Å². The molecule has 0 heterocycles. The molecule has 0 saturated heterocycles. The highest BCUT2D eigenvalue weighted by atomic mass is 19.4. The number of rotatable bonds is 8. The van der Waals surface area contributed by atoms with Gasteiger partial charge in [-0.2, -0.15) is 13.2 Å². The van der Waals surface area contributed by atoms with Crippen molar-refractivity contribution < 1.29 is 22.6 Å². The normalized spacial score (nSPS) is 12.0. The summed E-state index contributed by atoms with van der Waals surface area (Å²) in [5, 5.41) is 6.05. The lowest BCUT2D eigenvalue weighted by molar-refractivity contribution is -0.135. The quantitative estimate of drug-likeness (QED) is 0.426. The summed E-state index contributed by atoms with van der Waals surface area (Å²) < 4.78 is 46.9. The molecule has 0 radical (unpaired) electrons. The van der Waals surface area contributed by atoms with E-state index in [2.05, 4.69) is 15.6 Å². The molecular formula is C16H24F3N3O2. The lowest BCUT2D eigenvalue weighted by Gasteiger charge is -2.14. The van der Waals surface area contributed by atoms with Crippen molar-refractivity contribution in [1.82, 2.24) is 5.32 Å². The summed E-state index contributed by atoms with van der Waals surface area (Å²) in [4.78, 5) is 4.05. The van der Waals surface area contributed by atoms with Gasteiger partial charge in [0.1, 0.15) is 0 Å². The largest absolute Gasteiger partial charge is 0.493 e. The summed E-state index contributed by atoms with van der Waals surface area (Å²) in [7, 11) is 3.16. The number of alkyl halides is 3. The maximum atomic E-state index is 12.1. The molecule has 0 unspecified atom stereocenters. The van der Waals surface area contributed by atoms with Crippen molar-refractivity contribution in [2.24, 2.45) is 4.99 Å². The second-order valence-electron chi connectivity index (χ2n) is 4.99. The minimum atomic E-state index is -4.10. The lowest BCUT2D eigenvalue weighted by Crippen LogP contribution is -2.31. The molecule has 0 fully saturated rings. The summed E-state index contributed by atoms with van der Waals surface area (Å²) in [6.45, 7) is 2.79. The third kappa shape index (κ3) is 7.43. The number of ether oxygens (including phenoxy) is 2. The Morgan fingerprint density at radius 2 is 1.96 bits per heavy atom. The maximum Gasteiger partial charge on any atom is 0.389 e. The van der Waals surface area contributed by atoms with Crippen LogP contribution in [0.4, 0.5) is 18.9 Å². The van der Waals surface area contributed by atoms with Crippen molar-refractivity contribution in [3.05, 3.63) is 18.2 Å². The summed E-state index contributed by atoms with van der Waals surface area (Å²) in [5.74, 6) is 1.71. The van der Waals surface area contributed by atoms with Crippen molar-refractivity contribution >= 4 is 11.6 Å². The molecule has 0 saturated carbocycles. The van der Waals surface area contributed by atoms with Gasteiger partial charge in [-0.25, -0.2) is 0 Å². The molecule has 0 aliphatic carbocycles. The van der Waals surface area contributed by atoms with Crippen LogP contribution in [0, 0.1) is 0 Å². The smallest absolute Gasteiger partial charge is 0.389 e. The van der Waals surface area contributed by atoms with Crippen molar-refractivity contribution in [2.45, 2.75) is 32.4 Å². The number of anilines is 1. The van der Waals surface area contributed by atoms with Gasteiger partial charge in [0.05, 0.1) is 13.7 Å². The van der Waals surface area contributed by atoms with E-state index < -0.39 is 12.6 Å². The van der Waals surface area contributed by atoms with Crippen LogP contribution in [0.3, 0.4) is 0 Å². The van der Waals surface area contributed by atoms with Crippen LogP contribution >= 0.6 is 0 Å². The van der Waals surface area contributed by atoms with Gasteiger partial charge in [0.15, 0.2) is 17.5 Å². The van der Waals surface area contributed by atoms with E-state index in [1.165, 1.54) is 0 Å². The van der Waals surface area contributed by atoms with Crippen molar-refractivity contribution in [1.29, 1.82) is 0 Å². The minimum absolute atomic E-state index is 0.0878. The van der Waals surface area contributed by atoms with Gasteiger partial charge in [-0.15, -0.1) is 0 Å². The second-order valence-corrected chi connectivity index (χ2v) is 4.99. The molecule has 0 atom stereocenters. The molecule has 5 nitrogen and oxygen atoms in total. The van der Waals surface area contributed by atoms with Crippen LogP contribution in [0.15, 0.2) is 23.2 Å². The Kier molecular flexibility index (Phi) is 8.21. The van der Waals surface area contributed by atoms with Gasteiger partial charge in [0.2, 0.25) is 0 Å². The summed E-state index contributed by atoms with van der Waals surface area (Å²) in [6, 6.07) is 5.35. The SMILES string of the molecule is CCOc1cc(NC(=NC)NCCCCC(F)(F)F)ccc1OC. The van der Waals surface area contributed by atoms with E-state index in [0.717, 1.165) is 5.69 Å². The van der Waals surface area contributed by atoms with E-state index in [-0.39, 0.29) is 6.42 Å². The molecule has 136 valence electrons. The Hall–Kier alpha value is -2.12. The Morgan fingerprint density at radius 3 is 2.54 bits per heavy atom. The van der Waals surface area contributed by atoms with Crippen LogP contribution in [0.2, 0.25) is 0 Å². The van der Waals surface area contributed by atoms with Crippen LogP contribution in [-0.2, 0) is 0 Å². The number of methoxy groups -OCH3 is 1. The first-order valence-electron chi connectivity index (χ1n) is 7.75. The van der Waals surface area contributed by atoms with E-state index >= 15 is 0 Å². The van der Waals surface area contributed by atoms with Crippen molar-refractivity contribution in [3.63, 3.8) is 0 Å². The van der Waals surface area contributed by atoms with Crippen LogP contribution in [0.25, 0.3) is 0 Å². The number of guanidine groups is 1. The fourth-order valence-corrected chi connectivity index (χ4v) is 2.00. The summed E-state index contributed by atoms with van der Waals surface area (Å²) >= 11 is 0. The van der Waals surface area contributed by atoms with E-state index in [4.69, 9.17) is 9.47 Å². The van der Waals surface area contributed by atoms with Crippen molar-refractivity contribution in [2.75, 3.05) is 32.6 Å². The highest BCUT2D eigenvalue weighted by Crippen LogP contribution is 2.30. The van der Waals surface area contributed by atoms with Crippen LogP contribution in [-0.4, -0.2) is 39.4 Å². The number of hydrogen-bond acceptors (Lipinski definition) is 3. The third-order valence-corrected chi connectivity index (χ3v) is 3.13. The molecule has 2 N–H and O–H groups in total. The average Bonchev–Trinajstić information content (AvgIpc) is 2.53. The molecule has 24 heavy (non-hydrogen) atoms. The Bertz CT molecular complexity index is 534. The van der Waals surface area contributed by atoms with Gasteiger partial charge in [0.25, 0.3) is 0 Å². The molecule has 8 heteroatoms. The Morgan fingerprint density at radius 1 is 1.21 bits per heavy atom. The number of unbranched alkanes of at least 4 members (excludes halogenated alkanes) is 1. The number of benzene rings is 1. The molecule has 0 bridgehead atoms. The minimum Gasteiger partial charge on any atom is -0.493 e. The molecule has 0 aliphatic heterocycles. The molecule has 0 spiro atoms. The number of aliphatic imine (C=N–C) groups is 1. The van der Waals surface area contributed by atoms with Gasteiger partial charge in [-0.1, -0.05) is 0 Å². The highest BCUT2D eigenvalue weighted by Gasteiger charge is 2.25. The van der Waals surface area contributed by atoms with Gasteiger partial charge in [-0.05, 0) is 31.9 Å². The molecule has 1 rings (SSSR count). The fourth-order valence-electron chi connectivity index (χ4n) is 2.00. The first-order chi connectivity index (χ1) is 11.4. The molecule has 0 amide bonds. The maximum absolute atomic E-state index is 12.1. The summed E-state index contributed by atoms with van der Waals surface area (Å²) in [6.07, 6.45) is -4.37. The van der Waals surface area contributed by atoms with E-state index in [0.29, 0.717) is 37.0 Å². The number of nitrogens with zero attached hydrogens (tertiary/aromatic N) is 1. The zero-order chi connectivity index (χ0) is 18.0. The Balaban J connectivity index is 2.52. The van der Waals surface area contributed by atoms with Gasteiger partial charge in [0, 0.05) is 31.8 Å². The Labute approximate surface area is 140 Å². The number of hydrogen-bond donors (Lipinski definition) is 2. The molecule has 0 aliphatic rings.